The summed E-state index contributed by atoms with van der Waals surface area (Å²) < 4.78 is 38.3. The summed E-state index contributed by atoms with van der Waals surface area (Å²) in [5.74, 6) is -2.33. The Morgan fingerprint density at radius 3 is 2.42 bits per heavy atom. The van der Waals surface area contributed by atoms with Crippen LogP contribution in [0, 0.1) is 12.7 Å². The minimum Gasteiger partial charge on any atom is -0.478 e. The molecule has 1 N–H and O–H groups in total. The Labute approximate surface area is 111 Å². The number of carbonyl (C=O) groups is 1. The first kappa shape index (κ1) is 14.0. The highest BCUT2D eigenvalue weighted by atomic mass is 32.2. The Bertz CT molecular complexity index is 616. The number of halogens is 1. The fourth-order valence-electron chi connectivity index (χ4n) is 2.45. The first-order valence-electron chi connectivity index (χ1n) is 6.11. The molecule has 0 aromatic heterocycles. The summed E-state index contributed by atoms with van der Waals surface area (Å²) in [4.78, 5) is 10.9. The van der Waals surface area contributed by atoms with Crippen LogP contribution in [-0.4, -0.2) is 24.7 Å². The molecule has 1 aliphatic rings. The maximum atomic E-state index is 13.6. The smallest absolute Gasteiger partial charge is 0.338 e. The van der Waals surface area contributed by atoms with Crippen molar-refractivity contribution < 1.29 is 22.7 Å². The minimum absolute atomic E-state index is 0.0384. The predicted octanol–water partition coefficient (Wildman–Crippen LogP) is 2.55. The average Bonchev–Trinajstić information content (AvgIpc) is 2.86. The maximum Gasteiger partial charge on any atom is 0.338 e. The van der Waals surface area contributed by atoms with E-state index in [0.29, 0.717) is 12.8 Å². The third-order valence-electron chi connectivity index (χ3n) is 3.53. The summed E-state index contributed by atoms with van der Waals surface area (Å²) in [7, 11) is -3.56. The number of hydrogen-bond acceptors (Lipinski definition) is 3. The molecule has 4 nitrogen and oxygen atoms in total. The van der Waals surface area contributed by atoms with E-state index < -0.39 is 32.4 Å². The summed E-state index contributed by atoms with van der Waals surface area (Å²) in [5.41, 5.74) is -0.548. The second-order valence-electron chi connectivity index (χ2n) is 4.86. The van der Waals surface area contributed by atoms with Crippen molar-refractivity contribution in [2.24, 2.45) is 0 Å². The summed E-state index contributed by atoms with van der Waals surface area (Å²) in [5, 5.41) is 8.44. The standard InChI is InChI=1S/C13H15FO4S/c1-8-6-10(7-11(12(8)14)13(15)16)19(17,18)9-4-2-3-5-9/h6-7,9H,2-5H2,1H3,(H,15,16). The molecule has 104 valence electrons. The molecule has 1 aliphatic carbocycles. The van der Waals surface area contributed by atoms with Gasteiger partial charge in [-0.3, -0.25) is 0 Å². The number of rotatable bonds is 3. The first-order chi connectivity index (χ1) is 8.84. The van der Waals surface area contributed by atoms with Gasteiger partial charge in [0.05, 0.1) is 15.7 Å². The molecule has 0 bridgehead atoms. The fourth-order valence-corrected chi connectivity index (χ4v) is 4.41. The van der Waals surface area contributed by atoms with E-state index in [2.05, 4.69) is 0 Å². The van der Waals surface area contributed by atoms with Gasteiger partial charge in [0.2, 0.25) is 0 Å². The van der Waals surface area contributed by atoms with Crippen molar-refractivity contribution in [2.45, 2.75) is 42.8 Å². The van der Waals surface area contributed by atoms with E-state index in [0.717, 1.165) is 18.9 Å². The van der Waals surface area contributed by atoms with E-state index in [-0.39, 0.29) is 10.5 Å². The first-order valence-corrected chi connectivity index (χ1v) is 7.66. The number of sulfone groups is 1. The molecule has 0 unspecified atom stereocenters. The lowest BCUT2D eigenvalue weighted by Crippen LogP contribution is -2.19. The largest absolute Gasteiger partial charge is 0.478 e. The molecule has 1 fully saturated rings. The van der Waals surface area contributed by atoms with Gasteiger partial charge < -0.3 is 5.11 Å². The molecule has 2 rings (SSSR count). The van der Waals surface area contributed by atoms with Crippen LogP contribution in [0.15, 0.2) is 17.0 Å². The second kappa shape index (κ2) is 4.92. The quantitative estimate of drug-likeness (QED) is 0.867. The Morgan fingerprint density at radius 2 is 1.89 bits per heavy atom. The Balaban J connectivity index is 2.54. The van der Waals surface area contributed by atoms with Crippen molar-refractivity contribution in [3.63, 3.8) is 0 Å². The lowest BCUT2D eigenvalue weighted by Gasteiger charge is -2.13. The fraction of sp³-hybridized carbons (Fsp3) is 0.462. The minimum atomic E-state index is -3.56. The van der Waals surface area contributed by atoms with E-state index in [4.69, 9.17) is 5.11 Å². The monoisotopic (exact) mass is 286 g/mol. The van der Waals surface area contributed by atoms with Crippen LogP contribution in [0.1, 0.15) is 41.6 Å². The molecule has 0 heterocycles. The van der Waals surface area contributed by atoms with Crippen molar-refractivity contribution >= 4 is 15.8 Å². The van der Waals surface area contributed by atoms with Gasteiger partial charge in [0.15, 0.2) is 9.84 Å². The maximum absolute atomic E-state index is 13.6. The molecule has 0 amide bonds. The second-order valence-corrected chi connectivity index (χ2v) is 7.09. The number of carboxylic acids is 1. The lowest BCUT2D eigenvalue weighted by atomic mass is 10.1. The molecular weight excluding hydrogens is 271 g/mol. The predicted molar refractivity (Wildman–Crippen MR) is 67.5 cm³/mol. The number of carboxylic acid groups (broad SMARTS) is 1. The van der Waals surface area contributed by atoms with E-state index in [1.165, 1.54) is 13.0 Å². The molecule has 0 atom stereocenters. The van der Waals surface area contributed by atoms with Gasteiger partial charge in [-0.2, -0.15) is 0 Å². The van der Waals surface area contributed by atoms with E-state index in [9.17, 15) is 17.6 Å². The van der Waals surface area contributed by atoms with Crippen LogP contribution in [0.2, 0.25) is 0 Å². The summed E-state index contributed by atoms with van der Waals surface area (Å²) >= 11 is 0. The molecule has 0 aliphatic heterocycles. The zero-order chi connectivity index (χ0) is 14.2. The van der Waals surface area contributed by atoms with Crippen LogP contribution in [0.25, 0.3) is 0 Å². The third-order valence-corrected chi connectivity index (χ3v) is 5.77. The van der Waals surface area contributed by atoms with E-state index in [1.54, 1.807) is 0 Å². The van der Waals surface area contributed by atoms with Crippen molar-refractivity contribution in [3.05, 3.63) is 29.1 Å². The van der Waals surface area contributed by atoms with Gasteiger partial charge in [-0.05, 0) is 37.5 Å². The van der Waals surface area contributed by atoms with Crippen LogP contribution in [0.4, 0.5) is 4.39 Å². The molecule has 0 spiro atoms. The van der Waals surface area contributed by atoms with Gasteiger partial charge >= 0.3 is 5.97 Å². The highest BCUT2D eigenvalue weighted by Crippen LogP contribution is 2.31. The molecule has 0 radical (unpaired) electrons. The zero-order valence-electron chi connectivity index (χ0n) is 10.5. The van der Waals surface area contributed by atoms with E-state index in [1.807, 2.05) is 0 Å². The van der Waals surface area contributed by atoms with Gasteiger partial charge in [-0.15, -0.1) is 0 Å². The normalized spacial score (nSPS) is 16.7. The van der Waals surface area contributed by atoms with Crippen molar-refractivity contribution in [1.82, 2.24) is 0 Å². The molecule has 0 saturated heterocycles. The van der Waals surface area contributed by atoms with Gasteiger partial charge in [0, 0.05) is 0 Å². The van der Waals surface area contributed by atoms with Gasteiger partial charge in [-0.25, -0.2) is 17.6 Å². The molecule has 6 heteroatoms. The third kappa shape index (κ3) is 2.49. The molecule has 19 heavy (non-hydrogen) atoms. The Kier molecular flexibility index (Phi) is 3.62. The number of benzene rings is 1. The Hall–Kier alpha value is -1.43. The number of hydrogen-bond donors (Lipinski definition) is 1. The van der Waals surface area contributed by atoms with Crippen LogP contribution >= 0.6 is 0 Å². The van der Waals surface area contributed by atoms with E-state index >= 15 is 0 Å². The summed E-state index contributed by atoms with van der Waals surface area (Å²) in [6, 6.07) is 2.15. The van der Waals surface area contributed by atoms with Crippen molar-refractivity contribution in [3.8, 4) is 0 Å². The van der Waals surface area contributed by atoms with Gasteiger partial charge in [-0.1, -0.05) is 12.8 Å². The van der Waals surface area contributed by atoms with Crippen molar-refractivity contribution in [1.29, 1.82) is 0 Å². The van der Waals surface area contributed by atoms with Crippen LogP contribution in [-0.2, 0) is 9.84 Å². The summed E-state index contributed by atoms with van der Waals surface area (Å²) in [6.45, 7) is 1.37. The van der Waals surface area contributed by atoms with Gasteiger partial charge in [0.25, 0.3) is 0 Å². The van der Waals surface area contributed by atoms with Gasteiger partial charge in [0.1, 0.15) is 5.82 Å². The lowest BCUT2D eigenvalue weighted by molar-refractivity contribution is 0.0691. The number of aryl methyl sites for hydroxylation is 1. The highest BCUT2D eigenvalue weighted by Gasteiger charge is 2.31. The zero-order valence-corrected chi connectivity index (χ0v) is 11.3. The number of aromatic carboxylic acids is 1. The molecule has 1 aromatic rings. The van der Waals surface area contributed by atoms with Crippen LogP contribution in [0.5, 0.6) is 0 Å². The van der Waals surface area contributed by atoms with Crippen LogP contribution < -0.4 is 0 Å². The average molecular weight is 286 g/mol. The van der Waals surface area contributed by atoms with Crippen LogP contribution in [0.3, 0.4) is 0 Å². The molecule has 1 saturated carbocycles. The Morgan fingerprint density at radius 1 is 1.32 bits per heavy atom. The topological polar surface area (TPSA) is 71.4 Å². The molecule has 1 aromatic carbocycles. The SMILES string of the molecule is Cc1cc(S(=O)(=O)C2CCCC2)cc(C(=O)O)c1F. The van der Waals surface area contributed by atoms with Crippen molar-refractivity contribution in [2.75, 3.05) is 0 Å². The molecular formula is C13H15FO4S. The summed E-state index contributed by atoms with van der Waals surface area (Å²) in [6.07, 6.45) is 2.88. The highest BCUT2D eigenvalue weighted by molar-refractivity contribution is 7.92.